The Morgan fingerprint density at radius 3 is 1.95 bits per heavy atom. The number of thiophene rings is 1. The maximum Gasteiger partial charge on any atom is 0.0464 e. The number of benzene rings is 6. The van der Waals surface area contributed by atoms with E-state index in [1.54, 1.807) is 0 Å². The standard InChI is InChI=1S/C36H25NS/c1-3-11-25(12-4-1)27-15-9-16-29(23-27)37-34-22-21-28(24-33(34)26-13-5-2-6-14-26)30-18-10-19-32-31-17-7-8-20-35(31)38-36(30)32/h1-24,37H. The summed E-state index contributed by atoms with van der Waals surface area (Å²) in [4.78, 5) is 0. The van der Waals surface area contributed by atoms with Gasteiger partial charge in [-0.25, -0.2) is 0 Å². The summed E-state index contributed by atoms with van der Waals surface area (Å²) in [6.45, 7) is 0. The first-order chi connectivity index (χ1) is 18.8. The van der Waals surface area contributed by atoms with Gasteiger partial charge in [0, 0.05) is 37.1 Å². The van der Waals surface area contributed by atoms with Gasteiger partial charge in [-0.3, -0.25) is 0 Å². The zero-order valence-electron chi connectivity index (χ0n) is 20.8. The quantitative estimate of drug-likeness (QED) is 0.246. The van der Waals surface area contributed by atoms with E-state index < -0.39 is 0 Å². The Bertz CT molecular complexity index is 1880. The zero-order chi connectivity index (χ0) is 25.3. The van der Waals surface area contributed by atoms with Crippen LogP contribution in [0.5, 0.6) is 0 Å². The Morgan fingerprint density at radius 1 is 0.421 bits per heavy atom. The molecule has 1 aromatic heterocycles. The summed E-state index contributed by atoms with van der Waals surface area (Å²) < 4.78 is 2.67. The molecule has 1 heterocycles. The first kappa shape index (κ1) is 22.5. The summed E-state index contributed by atoms with van der Waals surface area (Å²) in [7, 11) is 0. The Hall–Kier alpha value is -4.66. The summed E-state index contributed by atoms with van der Waals surface area (Å²) in [5, 5.41) is 6.37. The summed E-state index contributed by atoms with van der Waals surface area (Å²) in [6.07, 6.45) is 0. The molecule has 7 aromatic rings. The fourth-order valence-corrected chi connectivity index (χ4v) is 6.45. The molecule has 1 N–H and O–H groups in total. The average molecular weight is 504 g/mol. The van der Waals surface area contributed by atoms with Crippen LogP contribution < -0.4 is 5.32 Å². The van der Waals surface area contributed by atoms with Crippen molar-refractivity contribution in [2.45, 2.75) is 0 Å². The van der Waals surface area contributed by atoms with Crippen molar-refractivity contribution in [3.8, 4) is 33.4 Å². The van der Waals surface area contributed by atoms with Crippen LogP contribution >= 0.6 is 11.3 Å². The van der Waals surface area contributed by atoms with Crippen LogP contribution in [0, 0.1) is 0 Å². The summed E-state index contributed by atoms with van der Waals surface area (Å²) in [5.74, 6) is 0. The topological polar surface area (TPSA) is 12.0 Å². The Kier molecular flexibility index (Phi) is 5.73. The van der Waals surface area contributed by atoms with Gasteiger partial charge in [-0.2, -0.15) is 0 Å². The third-order valence-corrected chi connectivity index (χ3v) is 8.29. The van der Waals surface area contributed by atoms with Crippen LogP contribution in [0.25, 0.3) is 53.6 Å². The van der Waals surface area contributed by atoms with E-state index in [1.165, 1.54) is 53.6 Å². The van der Waals surface area contributed by atoms with Crippen LogP contribution in [-0.2, 0) is 0 Å². The predicted octanol–water partition coefficient (Wildman–Crippen LogP) is 10.8. The van der Waals surface area contributed by atoms with Crippen LogP contribution in [0.1, 0.15) is 0 Å². The molecular weight excluding hydrogens is 478 g/mol. The lowest BCUT2D eigenvalue weighted by Crippen LogP contribution is -1.95. The lowest BCUT2D eigenvalue weighted by molar-refractivity contribution is 1.52. The van der Waals surface area contributed by atoms with Crippen molar-refractivity contribution in [3.63, 3.8) is 0 Å². The molecule has 2 heteroatoms. The number of anilines is 2. The third-order valence-electron chi connectivity index (χ3n) is 7.07. The molecule has 0 unspecified atom stereocenters. The Labute approximate surface area is 226 Å². The molecule has 0 aliphatic rings. The molecule has 0 aliphatic heterocycles. The van der Waals surface area contributed by atoms with Crippen molar-refractivity contribution in [3.05, 3.63) is 146 Å². The maximum absolute atomic E-state index is 3.72. The van der Waals surface area contributed by atoms with Crippen molar-refractivity contribution in [2.24, 2.45) is 0 Å². The van der Waals surface area contributed by atoms with Gasteiger partial charge in [0.2, 0.25) is 0 Å². The molecule has 180 valence electrons. The van der Waals surface area contributed by atoms with Crippen molar-refractivity contribution in [1.29, 1.82) is 0 Å². The second-order valence-electron chi connectivity index (χ2n) is 9.48. The van der Waals surface area contributed by atoms with Crippen molar-refractivity contribution in [2.75, 3.05) is 5.32 Å². The second kappa shape index (κ2) is 9.66. The molecule has 0 saturated heterocycles. The summed E-state index contributed by atoms with van der Waals surface area (Å²) in [6, 6.07) is 52.0. The first-order valence-electron chi connectivity index (χ1n) is 12.9. The number of rotatable bonds is 5. The van der Waals surface area contributed by atoms with Gasteiger partial charge in [0.15, 0.2) is 0 Å². The van der Waals surface area contributed by atoms with Crippen LogP contribution in [0.4, 0.5) is 11.4 Å². The van der Waals surface area contributed by atoms with E-state index >= 15 is 0 Å². The van der Waals surface area contributed by atoms with E-state index in [0.717, 1.165) is 11.4 Å². The molecule has 38 heavy (non-hydrogen) atoms. The van der Waals surface area contributed by atoms with Gasteiger partial charge < -0.3 is 5.32 Å². The zero-order valence-corrected chi connectivity index (χ0v) is 21.6. The lowest BCUT2D eigenvalue weighted by atomic mass is 9.96. The molecule has 0 fully saturated rings. The average Bonchev–Trinajstić information content (AvgIpc) is 3.37. The second-order valence-corrected chi connectivity index (χ2v) is 10.5. The van der Waals surface area contributed by atoms with E-state index in [-0.39, 0.29) is 0 Å². The van der Waals surface area contributed by atoms with E-state index in [1.807, 2.05) is 11.3 Å². The van der Waals surface area contributed by atoms with Crippen LogP contribution in [-0.4, -0.2) is 0 Å². The maximum atomic E-state index is 3.72. The molecule has 7 rings (SSSR count). The van der Waals surface area contributed by atoms with Gasteiger partial charge in [0.25, 0.3) is 0 Å². The SMILES string of the molecule is c1ccc(-c2cccc(Nc3ccc(-c4cccc5c4sc4ccccc45)cc3-c3ccccc3)c2)cc1. The van der Waals surface area contributed by atoms with Crippen molar-refractivity contribution in [1.82, 2.24) is 0 Å². The van der Waals surface area contributed by atoms with E-state index in [9.17, 15) is 0 Å². The molecule has 1 nitrogen and oxygen atoms in total. The minimum atomic E-state index is 1.07. The predicted molar refractivity (Wildman–Crippen MR) is 165 cm³/mol. The van der Waals surface area contributed by atoms with E-state index in [2.05, 4.69) is 151 Å². The molecule has 0 radical (unpaired) electrons. The highest BCUT2D eigenvalue weighted by atomic mass is 32.1. The number of nitrogens with one attached hydrogen (secondary N) is 1. The fourth-order valence-electron chi connectivity index (χ4n) is 5.21. The molecule has 0 aliphatic carbocycles. The first-order valence-corrected chi connectivity index (χ1v) is 13.7. The molecule has 0 atom stereocenters. The van der Waals surface area contributed by atoms with E-state index in [0.29, 0.717) is 0 Å². The Balaban J connectivity index is 1.34. The monoisotopic (exact) mass is 503 g/mol. The number of hydrogen-bond acceptors (Lipinski definition) is 2. The number of hydrogen-bond donors (Lipinski definition) is 1. The molecular formula is C36H25NS. The van der Waals surface area contributed by atoms with Gasteiger partial charge in [-0.05, 0) is 58.1 Å². The molecule has 6 aromatic carbocycles. The minimum absolute atomic E-state index is 1.07. The van der Waals surface area contributed by atoms with Crippen molar-refractivity contribution >= 4 is 42.9 Å². The van der Waals surface area contributed by atoms with Crippen molar-refractivity contribution < 1.29 is 0 Å². The normalized spacial score (nSPS) is 11.2. The molecule has 0 spiro atoms. The van der Waals surface area contributed by atoms with Gasteiger partial charge in [0.1, 0.15) is 0 Å². The largest absolute Gasteiger partial charge is 0.355 e. The highest BCUT2D eigenvalue weighted by molar-refractivity contribution is 7.26. The van der Waals surface area contributed by atoms with Crippen LogP contribution in [0.15, 0.2) is 146 Å². The summed E-state index contributed by atoms with van der Waals surface area (Å²) >= 11 is 1.88. The highest BCUT2D eigenvalue weighted by Gasteiger charge is 2.13. The Morgan fingerprint density at radius 2 is 1.11 bits per heavy atom. The molecule has 0 amide bonds. The fraction of sp³-hybridized carbons (Fsp3) is 0. The molecule has 0 bridgehead atoms. The van der Waals surface area contributed by atoms with Gasteiger partial charge in [0.05, 0.1) is 0 Å². The van der Waals surface area contributed by atoms with E-state index in [4.69, 9.17) is 0 Å². The lowest BCUT2D eigenvalue weighted by Gasteiger charge is -2.16. The summed E-state index contributed by atoms with van der Waals surface area (Å²) in [5.41, 5.74) is 9.46. The van der Waals surface area contributed by atoms with Gasteiger partial charge in [-0.1, -0.05) is 115 Å². The third kappa shape index (κ3) is 4.15. The highest BCUT2D eigenvalue weighted by Crippen LogP contribution is 2.42. The van der Waals surface area contributed by atoms with Crippen LogP contribution in [0.3, 0.4) is 0 Å². The molecule has 0 saturated carbocycles. The van der Waals surface area contributed by atoms with Gasteiger partial charge >= 0.3 is 0 Å². The smallest absolute Gasteiger partial charge is 0.0464 e. The van der Waals surface area contributed by atoms with Crippen LogP contribution in [0.2, 0.25) is 0 Å². The van der Waals surface area contributed by atoms with Gasteiger partial charge in [-0.15, -0.1) is 11.3 Å². The number of fused-ring (bicyclic) bond motifs is 3. The minimum Gasteiger partial charge on any atom is -0.355 e.